The molecular formula is C20H34N2. The molecule has 1 aliphatic heterocycles. The van der Waals surface area contributed by atoms with E-state index < -0.39 is 0 Å². The Morgan fingerprint density at radius 1 is 1.32 bits per heavy atom. The van der Waals surface area contributed by atoms with E-state index in [9.17, 15) is 0 Å². The molecule has 0 aliphatic carbocycles. The molecule has 124 valence electrons. The number of rotatable bonds is 6. The SMILES string of the molecule is CCCCN1c2ccc(CNC(C)C)cc2[C@H](C)CC1(C)C. The van der Waals surface area contributed by atoms with Crippen LogP contribution in [0.3, 0.4) is 0 Å². The first-order valence-corrected chi connectivity index (χ1v) is 8.99. The number of nitrogens with one attached hydrogen (secondary N) is 1. The molecule has 0 unspecified atom stereocenters. The van der Waals surface area contributed by atoms with Crippen LogP contribution in [-0.4, -0.2) is 18.1 Å². The van der Waals surface area contributed by atoms with Crippen LogP contribution >= 0.6 is 0 Å². The first-order chi connectivity index (χ1) is 10.3. The molecule has 0 fully saturated rings. The van der Waals surface area contributed by atoms with E-state index in [0.29, 0.717) is 12.0 Å². The van der Waals surface area contributed by atoms with Crippen LogP contribution in [0.1, 0.15) is 77.8 Å². The van der Waals surface area contributed by atoms with Crippen molar-refractivity contribution in [1.82, 2.24) is 5.32 Å². The van der Waals surface area contributed by atoms with E-state index in [1.54, 1.807) is 5.56 Å². The van der Waals surface area contributed by atoms with Gasteiger partial charge >= 0.3 is 0 Å². The predicted octanol–water partition coefficient (Wildman–Crippen LogP) is 5.08. The molecule has 1 aliphatic rings. The molecule has 1 aromatic carbocycles. The van der Waals surface area contributed by atoms with E-state index in [2.05, 4.69) is 70.0 Å². The fourth-order valence-corrected chi connectivity index (χ4v) is 3.71. The van der Waals surface area contributed by atoms with Gasteiger partial charge in [-0.2, -0.15) is 0 Å². The van der Waals surface area contributed by atoms with Crippen LogP contribution in [0.25, 0.3) is 0 Å². The average Bonchev–Trinajstić information content (AvgIpc) is 2.44. The van der Waals surface area contributed by atoms with E-state index in [4.69, 9.17) is 0 Å². The second kappa shape index (κ2) is 7.04. The van der Waals surface area contributed by atoms with Gasteiger partial charge in [0, 0.05) is 30.4 Å². The Kier molecular flexibility index (Phi) is 5.55. The maximum atomic E-state index is 3.53. The highest BCUT2D eigenvalue weighted by molar-refractivity contribution is 5.60. The zero-order valence-electron chi connectivity index (χ0n) is 15.4. The van der Waals surface area contributed by atoms with E-state index in [-0.39, 0.29) is 5.54 Å². The summed E-state index contributed by atoms with van der Waals surface area (Å²) in [4.78, 5) is 2.64. The van der Waals surface area contributed by atoms with Crippen molar-refractivity contribution in [1.29, 1.82) is 0 Å². The van der Waals surface area contributed by atoms with Gasteiger partial charge in [-0.3, -0.25) is 0 Å². The first-order valence-electron chi connectivity index (χ1n) is 8.99. The molecule has 0 amide bonds. The molecule has 2 rings (SSSR count). The molecule has 1 atom stereocenters. The third kappa shape index (κ3) is 3.84. The second-order valence-electron chi connectivity index (χ2n) is 7.85. The molecule has 0 saturated carbocycles. The van der Waals surface area contributed by atoms with Gasteiger partial charge in [0.25, 0.3) is 0 Å². The Morgan fingerprint density at radius 3 is 2.68 bits per heavy atom. The molecule has 22 heavy (non-hydrogen) atoms. The fourth-order valence-electron chi connectivity index (χ4n) is 3.71. The molecule has 0 radical (unpaired) electrons. The largest absolute Gasteiger partial charge is 0.366 e. The van der Waals surface area contributed by atoms with Crippen molar-refractivity contribution < 1.29 is 0 Å². The Hall–Kier alpha value is -1.02. The summed E-state index contributed by atoms with van der Waals surface area (Å²) in [7, 11) is 0. The van der Waals surface area contributed by atoms with E-state index in [1.807, 2.05) is 0 Å². The molecule has 1 N–H and O–H groups in total. The molecule has 0 saturated heterocycles. The minimum Gasteiger partial charge on any atom is -0.366 e. The van der Waals surface area contributed by atoms with Crippen LogP contribution in [0, 0.1) is 0 Å². The maximum absolute atomic E-state index is 3.53. The Balaban J connectivity index is 2.28. The summed E-state index contributed by atoms with van der Waals surface area (Å²) in [6.45, 7) is 16.0. The number of unbranched alkanes of at least 4 members (excludes halogenated alkanes) is 1. The number of nitrogens with zero attached hydrogens (tertiary/aromatic N) is 1. The zero-order valence-corrected chi connectivity index (χ0v) is 15.4. The lowest BCUT2D eigenvalue weighted by molar-refractivity contribution is 0.373. The zero-order chi connectivity index (χ0) is 16.3. The number of anilines is 1. The van der Waals surface area contributed by atoms with Gasteiger partial charge in [-0.15, -0.1) is 0 Å². The third-order valence-electron chi connectivity index (χ3n) is 4.90. The lowest BCUT2D eigenvalue weighted by Crippen LogP contribution is -2.48. The topological polar surface area (TPSA) is 15.3 Å². The van der Waals surface area contributed by atoms with Gasteiger partial charge in [0.05, 0.1) is 0 Å². The van der Waals surface area contributed by atoms with Crippen LogP contribution in [0.15, 0.2) is 18.2 Å². The normalized spacial score (nSPS) is 20.3. The summed E-state index contributed by atoms with van der Waals surface area (Å²) in [6.07, 6.45) is 3.77. The molecule has 1 heterocycles. The molecule has 2 heteroatoms. The lowest BCUT2D eigenvalue weighted by Gasteiger charge is -2.48. The number of hydrogen-bond donors (Lipinski definition) is 1. The summed E-state index contributed by atoms with van der Waals surface area (Å²) in [5.74, 6) is 0.641. The van der Waals surface area contributed by atoms with Crippen molar-refractivity contribution in [3.63, 3.8) is 0 Å². The predicted molar refractivity (Wildman–Crippen MR) is 97.8 cm³/mol. The molecule has 2 nitrogen and oxygen atoms in total. The van der Waals surface area contributed by atoms with Crippen molar-refractivity contribution in [3.05, 3.63) is 29.3 Å². The quantitative estimate of drug-likeness (QED) is 0.788. The molecule has 0 spiro atoms. The van der Waals surface area contributed by atoms with Gasteiger partial charge in [0.15, 0.2) is 0 Å². The van der Waals surface area contributed by atoms with Crippen molar-refractivity contribution in [3.8, 4) is 0 Å². The van der Waals surface area contributed by atoms with Crippen LogP contribution < -0.4 is 10.2 Å². The molecular weight excluding hydrogens is 268 g/mol. The second-order valence-corrected chi connectivity index (χ2v) is 7.85. The smallest absolute Gasteiger partial charge is 0.0406 e. The van der Waals surface area contributed by atoms with E-state index in [1.165, 1.54) is 37.1 Å². The maximum Gasteiger partial charge on any atom is 0.0406 e. The molecule has 1 aromatic rings. The van der Waals surface area contributed by atoms with Gasteiger partial charge in [-0.05, 0) is 49.8 Å². The van der Waals surface area contributed by atoms with Crippen LogP contribution in [0.5, 0.6) is 0 Å². The number of hydrogen-bond acceptors (Lipinski definition) is 2. The van der Waals surface area contributed by atoms with E-state index >= 15 is 0 Å². The van der Waals surface area contributed by atoms with Gasteiger partial charge in [-0.25, -0.2) is 0 Å². The lowest BCUT2D eigenvalue weighted by atomic mass is 9.79. The van der Waals surface area contributed by atoms with Crippen molar-refractivity contribution >= 4 is 5.69 Å². The summed E-state index contributed by atoms with van der Waals surface area (Å²) in [5, 5.41) is 3.53. The first kappa shape index (κ1) is 17.3. The summed E-state index contributed by atoms with van der Waals surface area (Å²) in [5.41, 5.74) is 4.68. The minimum atomic E-state index is 0.263. The summed E-state index contributed by atoms with van der Waals surface area (Å²) < 4.78 is 0. The Morgan fingerprint density at radius 2 is 2.05 bits per heavy atom. The highest BCUT2D eigenvalue weighted by atomic mass is 15.2. The average molecular weight is 303 g/mol. The fraction of sp³-hybridized carbons (Fsp3) is 0.700. The van der Waals surface area contributed by atoms with Crippen LogP contribution in [0.4, 0.5) is 5.69 Å². The monoisotopic (exact) mass is 302 g/mol. The Labute approximate surface area is 137 Å². The Bertz CT molecular complexity index is 490. The third-order valence-corrected chi connectivity index (χ3v) is 4.90. The van der Waals surface area contributed by atoms with Gasteiger partial charge in [0.2, 0.25) is 0 Å². The van der Waals surface area contributed by atoms with Gasteiger partial charge in [0.1, 0.15) is 0 Å². The standard InChI is InChI=1S/C20H34N2/c1-7-8-11-22-19-10-9-17(14-21-15(2)3)12-18(19)16(4)13-20(22,5)6/h9-10,12,15-16,21H,7-8,11,13-14H2,1-6H3/t16-/m1/s1. The van der Waals surface area contributed by atoms with Gasteiger partial charge < -0.3 is 10.2 Å². The van der Waals surface area contributed by atoms with Crippen molar-refractivity contribution in [2.75, 3.05) is 11.4 Å². The van der Waals surface area contributed by atoms with Crippen molar-refractivity contribution in [2.24, 2.45) is 0 Å². The minimum absolute atomic E-state index is 0.263. The van der Waals surface area contributed by atoms with Crippen molar-refractivity contribution in [2.45, 2.75) is 84.8 Å². The summed E-state index contributed by atoms with van der Waals surface area (Å²) >= 11 is 0. The molecule has 0 bridgehead atoms. The number of fused-ring (bicyclic) bond motifs is 1. The van der Waals surface area contributed by atoms with E-state index in [0.717, 1.165) is 6.54 Å². The van der Waals surface area contributed by atoms with Crippen LogP contribution in [-0.2, 0) is 6.54 Å². The molecule has 0 aromatic heterocycles. The highest BCUT2D eigenvalue weighted by Crippen LogP contribution is 2.43. The highest BCUT2D eigenvalue weighted by Gasteiger charge is 2.35. The van der Waals surface area contributed by atoms with Crippen LogP contribution in [0.2, 0.25) is 0 Å². The summed E-state index contributed by atoms with van der Waals surface area (Å²) in [6, 6.07) is 7.64. The van der Waals surface area contributed by atoms with Gasteiger partial charge in [-0.1, -0.05) is 46.2 Å². The number of benzene rings is 1.